The predicted molar refractivity (Wildman–Crippen MR) is 131 cm³/mol. The van der Waals surface area contributed by atoms with Crippen LogP contribution in [0.4, 0.5) is 0 Å². The highest BCUT2D eigenvalue weighted by molar-refractivity contribution is 6.92. The van der Waals surface area contributed by atoms with Crippen molar-refractivity contribution in [3.8, 4) is 17.3 Å². The van der Waals surface area contributed by atoms with Crippen molar-refractivity contribution in [1.82, 2.24) is 0 Å². The van der Waals surface area contributed by atoms with E-state index in [2.05, 4.69) is 95.8 Å². The largest absolute Gasteiger partial charge is 0.220 e. The normalized spacial score (nSPS) is 11.9. The molecule has 0 aliphatic rings. The van der Waals surface area contributed by atoms with Gasteiger partial charge in [-0.2, -0.15) is 5.26 Å². The van der Waals surface area contributed by atoms with E-state index in [0.717, 1.165) is 22.2 Å². The molecule has 0 bridgehead atoms. The summed E-state index contributed by atoms with van der Waals surface area (Å²) in [6, 6.07) is 16.6. The summed E-state index contributed by atoms with van der Waals surface area (Å²) in [6.07, 6.45) is 2.18. The molecule has 3 rings (SSSR count). The fourth-order valence-corrected chi connectivity index (χ4v) is 9.80. The lowest BCUT2D eigenvalue weighted by Crippen LogP contribution is -2.49. The van der Waals surface area contributed by atoms with E-state index in [0.29, 0.717) is 0 Å². The second kappa shape index (κ2) is 8.36. The average molecular weight is 416 g/mol. The van der Waals surface area contributed by atoms with Crippen molar-refractivity contribution in [3.63, 3.8) is 0 Å². The summed E-state index contributed by atoms with van der Waals surface area (Å²) in [5, 5.41) is 13.7. The van der Waals surface area contributed by atoms with Crippen LogP contribution in [0.25, 0.3) is 22.0 Å². The summed E-state index contributed by atoms with van der Waals surface area (Å²) in [6.45, 7) is 15.8. The van der Waals surface area contributed by atoms with Gasteiger partial charge in [0.2, 0.25) is 5.69 Å². The molecule has 0 radical (unpaired) electrons. The smallest absolute Gasteiger partial charge is 0.200 e. The molecule has 0 amide bonds. The summed E-state index contributed by atoms with van der Waals surface area (Å²) in [4.78, 5) is 0. The maximum Gasteiger partial charge on any atom is 0.220 e. The van der Waals surface area contributed by atoms with Gasteiger partial charge < -0.3 is 0 Å². The molecule has 1 heterocycles. The number of fused-ring (bicyclic) bond motifs is 1. The van der Waals surface area contributed by atoms with Crippen molar-refractivity contribution >= 4 is 24.0 Å². The molecule has 0 N–H and O–H groups in total. The van der Waals surface area contributed by atoms with Gasteiger partial charge in [0.1, 0.15) is 7.05 Å². The molecule has 0 aliphatic heterocycles. The maximum atomic E-state index is 9.56. The third-order valence-corrected chi connectivity index (χ3v) is 13.7. The van der Waals surface area contributed by atoms with Crippen LogP contribution in [0.3, 0.4) is 0 Å². The van der Waals surface area contributed by atoms with E-state index in [4.69, 9.17) is 0 Å². The third kappa shape index (κ3) is 3.38. The number of hydrogen-bond acceptors (Lipinski definition) is 1. The standard InChI is InChI=1S/C27H35N2Si/c1-9-30(10-2,18(3)4)23-11-12-24-22(16-23)13-14-29(8)27(24)25-15-19(5)26(17-28)21(7)20(25)6/h11-16,18H,9-10H2,1-8H3/q+1. The van der Waals surface area contributed by atoms with E-state index in [-0.39, 0.29) is 0 Å². The Morgan fingerprint density at radius 3 is 2.23 bits per heavy atom. The molecular formula is C27H35N2Si+. The highest BCUT2D eigenvalue weighted by Gasteiger charge is 2.35. The molecule has 0 atom stereocenters. The van der Waals surface area contributed by atoms with Gasteiger partial charge in [-0.15, -0.1) is 0 Å². The van der Waals surface area contributed by atoms with Crippen molar-refractivity contribution in [2.45, 2.75) is 66.1 Å². The van der Waals surface area contributed by atoms with Crippen molar-refractivity contribution in [2.24, 2.45) is 7.05 Å². The Morgan fingerprint density at radius 2 is 1.67 bits per heavy atom. The maximum absolute atomic E-state index is 9.56. The second-order valence-corrected chi connectivity index (χ2v) is 14.5. The molecule has 1 aromatic heterocycles. The number of nitriles is 1. The topological polar surface area (TPSA) is 27.7 Å². The number of rotatable bonds is 5. The lowest BCUT2D eigenvalue weighted by atomic mass is 9.91. The zero-order valence-electron chi connectivity index (χ0n) is 19.9. The van der Waals surface area contributed by atoms with Gasteiger partial charge in [0.15, 0.2) is 6.20 Å². The number of pyridine rings is 1. The fraction of sp³-hybridized carbons (Fsp3) is 0.407. The zero-order chi connectivity index (χ0) is 22.2. The monoisotopic (exact) mass is 415 g/mol. The van der Waals surface area contributed by atoms with E-state index < -0.39 is 8.07 Å². The van der Waals surface area contributed by atoms with Crippen LogP contribution in [0.2, 0.25) is 17.6 Å². The zero-order valence-corrected chi connectivity index (χ0v) is 20.9. The summed E-state index contributed by atoms with van der Waals surface area (Å²) in [5.74, 6) is 0. The summed E-state index contributed by atoms with van der Waals surface area (Å²) in [5.41, 5.74) is 7.32. The van der Waals surface area contributed by atoms with Crippen LogP contribution in [0.15, 0.2) is 36.5 Å². The van der Waals surface area contributed by atoms with Crippen LogP contribution in [-0.2, 0) is 7.05 Å². The minimum atomic E-state index is -1.51. The van der Waals surface area contributed by atoms with E-state index in [9.17, 15) is 5.26 Å². The SMILES string of the molecule is CC[Si](CC)(c1ccc2c(-c3cc(C)c(C#N)c(C)c3C)[n+](C)ccc2c1)C(C)C. The van der Waals surface area contributed by atoms with E-state index >= 15 is 0 Å². The van der Waals surface area contributed by atoms with Crippen molar-refractivity contribution in [3.05, 3.63) is 58.8 Å². The van der Waals surface area contributed by atoms with Gasteiger partial charge in [-0.3, -0.25) is 0 Å². The Morgan fingerprint density at radius 1 is 1.00 bits per heavy atom. The first-order chi connectivity index (χ1) is 14.2. The first-order valence-electron chi connectivity index (χ1n) is 11.2. The highest BCUT2D eigenvalue weighted by Crippen LogP contribution is 2.34. The highest BCUT2D eigenvalue weighted by atomic mass is 28.3. The molecule has 0 fully saturated rings. The van der Waals surface area contributed by atoms with Crippen molar-refractivity contribution in [1.29, 1.82) is 5.26 Å². The fourth-order valence-electron chi connectivity index (χ4n) is 5.33. The van der Waals surface area contributed by atoms with Gasteiger partial charge in [0, 0.05) is 6.07 Å². The minimum Gasteiger partial charge on any atom is -0.200 e. The Kier molecular flexibility index (Phi) is 6.20. The van der Waals surface area contributed by atoms with Gasteiger partial charge in [0.05, 0.1) is 30.7 Å². The summed E-state index contributed by atoms with van der Waals surface area (Å²) >= 11 is 0. The Balaban J connectivity index is 2.32. The first-order valence-corrected chi connectivity index (χ1v) is 13.6. The average Bonchev–Trinajstić information content (AvgIpc) is 2.72. The van der Waals surface area contributed by atoms with E-state index in [1.807, 2.05) is 6.92 Å². The summed E-state index contributed by atoms with van der Waals surface area (Å²) < 4.78 is 2.22. The quantitative estimate of drug-likeness (QED) is 0.358. The molecule has 3 heteroatoms. The molecule has 0 aliphatic carbocycles. The number of hydrogen-bond donors (Lipinski definition) is 0. The van der Waals surface area contributed by atoms with Gasteiger partial charge in [-0.25, -0.2) is 4.57 Å². The number of aromatic nitrogens is 1. The molecule has 3 aromatic rings. The molecule has 2 nitrogen and oxygen atoms in total. The lowest BCUT2D eigenvalue weighted by molar-refractivity contribution is -0.659. The lowest BCUT2D eigenvalue weighted by Gasteiger charge is -2.34. The van der Waals surface area contributed by atoms with Gasteiger partial charge in [-0.05, 0) is 60.5 Å². The number of aryl methyl sites for hydroxylation is 2. The molecule has 2 aromatic carbocycles. The molecule has 0 unspecified atom stereocenters. The number of benzene rings is 2. The Hall–Kier alpha value is -2.44. The van der Waals surface area contributed by atoms with Crippen molar-refractivity contribution in [2.75, 3.05) is 0 Å². The van der Waals surface area contributed by atoms with E-state index in [1.54, 1.807) is 5.19 Å². The Labute approximate surface area is 183 Å². The minimum absolute atomic E-state index is 0.732. The van der Waals surface area contributed by atoms with Crippen LogP contribution in [0, 0.1) is 32.1 Å². The van der Waals surface area contributed by atoms with Gasteiger partial charge in [-0.1, -0.05) is 57.1 Å². The van der Waals surface area contributed by atoms with Crippen LogP contribution in [0.5, 0.6) is 0 Å². The summed E-state index contributed by atoms with van der Waals surface area (Å²) in [7, 11) is 0.613. The second-order valence-electron chi connectivity index (χ2n) is 9.07. The van der Waals surface area contributed by atoms with Crippen molar-refractivity contribution < 1.29 is 4.57 Å². The molecule has 0 spiro atoms. The third-order valence-electron chi connectivity index (χ3n) is 7.54. The number of nitrogens with zero attached hydrogens (tertiary/aromatic N) is 2. The van der Waals surface area contributed by atoms with Crippen LogP contribution < -0.4 is 9.75 Å². The van der Waals surface area contributed by atoms with E-state index in [1.165, 1.54) is 39.7 Å². The van der Waals surface area contributed by atoms with Gasteiger partial charge >= 0.3 is 0 Å². The van der Waals surface area contributed by atoms with Crippen LogP contribution in [0.1, 0.15) is 49.9 Å². The molecule has 0 saturated carbocycles. The Bertz CT molecular complexity index is 1150. The predicted octanol–water partition coefficient (Wildman–Crippen LogP) is 6.23. The molecule has 30 heavy (non-hydrogen) atoms. The molecule has 156 valence electrons. The molecular weight excluding hydrogens is 380 g/mol. The molecule has 0 saturated heterocycles. The van der Waals surface area contributed by atoms with Gasteiger partial charge in [0.25, 0.3) is 0 Å². The first kappa shape index (κ1) is 22.2. The van der Waals surface area contributed by atoms with Crippen LogP contribution >= 0.6 is 0 Å². The van der Waals surface area contributed by atoms with Crippen LogP contribution in [-0.4, -0.2) is 8.07 Å².